The first-order valence-electron chi connectivity index (χ1n) is 7.93. The summed E-state index contributed by atoms with van der Waals surface area (Å²) in [6, 6.07) is 12.0. The molecule has 2 aromatic carbocycles. The highest BCUT2D eigenvalue weighted by molar-refractivity contribution is 5.96. The van der Waals surface area contributed by atoms with Crippen LogP contribution in [0.2, 0.25) is 0 Å². The Bertz CT molecular complexity index is 861. The van der Waals surface area contributed by atoms with Gasteiger partial charge in [0.25, 0.3) is 0 Å². The predicted molar refractivity (Wildman–Crippen MR) is 93.8 cm³/mol. The average Bonchev–Trinajstić information content (AvgIpc) is 2.90. The zero-order valence-corrected chi connectivity index (χ0v) is 13.8. The third kappa shape index (κ3) is 3.14. The lowest BCUT2D eigenvalue weighted by atomic mass is 10.0. The topological polar surface area (TPSA) is 42.2 Å². The Morgan fingerprint density at radius 2 is 1.91 bits per heavy atom. The van der Waals surface area contributed by atoms with E-state index in [0.717, 1.165) is 45.3 Å². The molecule has 0 radical (unpaired) electrons. The van der Waals surface area contributed by atoms with Crippen LogP contribution >= 0.6 is 0 Å². The van der Waals surface area contributed by atoms with E-state index in [2.05, 4.69) is 25.2 Å². The summed E-state index contributed by atoms with van der Waals surface area (Å²) in [6.07, 6.45) is 2.90. The lowest BCUT2D eigenvalue weighted by Crippen LogP contribution is -2.15. The number of benzene rings is 2. The Kier molecular flexibility index (Phi) is 4.20. The van der Waals surface area contributed by atoms with Crippen LogP contribution in [-0.4, -0.2) is 5.91 Å². The van der Waals surface area contributed by atoms with Gasteiger partial charge in [-0.25, -0.2) is 0 Å². The van der Waals surface area contributed by atoms with E-state index in [-0.39, 0.29) is 5.91 Å². The van der Waals surface area contributed by atoms with Crippen molar-refractivity contribution >= 4 is 22.6 Å². The number of hydrogen-bond donors (Lipinski definition) is 1. The van der Waals surface area contributed by atoms with Gasteiger partial charge in [0.05, 0.1) is 12.7 Å². The molecule has 0 aliphatic heterocycles. The van der Waals surface area contributed by atoms with Crippen molar-refractivity contribution in [3.8, 4) is 0 Å². The van der Waals surface area contributed by atoms with Crippen LogP contribution in [0.3, 0.4) is 0 Å². The summed E-state index contributed by atoms with van der Waals surface area (Å²) in [5.41, 5.74) is 6.12. The molecule has 23 heavy (non-hydrogen) atoms. The van der Waals surface area contributed by atoms with Crippen LogP contribution < -0.4 is 5.32 Å². The van der Waals surface area contributed by atoms with Gasteiger partial charge in [0.2, 0.25) is 5.91 Å². The van der Waals surface area contributed by atoms with E-state index in [4.69, 9.17) is 4.42 Å². The summed E-state index contributed by atoms with van der Waals surface area (Å²) in [5.74, 6) is -0.0198. The van der Waals surface area contributed by atoms with Crippen LogP contribution in [0.4, 0.5) is 5.69 Å². The summed E-state index contributed by atoms with van der Waals surface area (Å²) in [4.78, 5) is 12.4. The third-order valence-corrected chi connectivity index (χ3v) is 4.12. The van der Waals surface area contributed by atoms with Gasteiger partial charge >= 0.3 is 0 Å². The van der Waals surface area contributed by atoms with Crippen LogP contribution in [0.25, 0.3) is 11.0 Å². The Morgan fingerprint density at radius 3 is 2.70 bits per heavy atom. The smallest absolute Gasteiger partial charge is 0.228 e. The van der Waals surface area contributed by atoms with E-state index >= 15 is 0 Å². The fourth-order valence-electron chi connectivity index (χ4n) is 3.07. The Balaban J connectivity index is 1.83. The van der Waals surface area contributed by atoms with Crippen molar-refractivity contribution in [2.45, 2.75) is 33.6 Å². The molecule has 3 heteroatoms. The lowest BCUT2D eigenvalue weighted by molar-refractivity contribution is -0.115. The normalized spacial score (nSPS) is 10.9. The number of carbonyl (C=O) groups is 1. The van der Waals surface area contributed by atoms with Crippen LogP contribution in [0.5, 0.6) is 0 Å². The van der Waals surface area contributed by atoms with Crippen LogP contribution in [0.1, 0.15) is 29.2 Å². The van der Waals surface area contributed by atoms with Gasteiger partial charge in [-0.15, -0.1) is 0 Å². The molecular formula is C20H21NO2. The quantitative estimate of drug-likeness (QED) is 0.752. The number of aryl methyl sites for hydroxylation is 3. The summed E-state index contributed by atoms with van der Waals surface area (Å²) in [6.45, 7) is 6.18. The molecule has 0 fully saturated rings. The summed E-state index contributed by atoms with van der Waals surface area (Å²) < 4.78 is 5.63. The van der Waals surface area contributed by atoms with Crippen LogP contribution in [0, 0.1) is 13.8 Å². The number of carbonyl (C=O) groups excluding carboxylic acids is 1. The molecule has 1 heterocycles. The van der Waals surface area contributed by atoms with E-state index in [1.54, 1.807) is 6.26 Å². The number of rotatable bonds is 4. The monoisotopic (exact) mass is 307 g/mol. The maximum absolute atomic E-state index is 12.4. The van der Waals surface area contributed by atoms with E-state index < -0.39 is 0 Å². The number of amides is 1. The first-order valence-corrected chi connectivity index (χ1v) is 7.93. The van der Waals surface area contributed by atoms with E-state index in [9.17, 15) is 4.79 Å². The molecule has 0 aliphatic rings. The minimum Gasteiger partial charge on any atom is -0.464 e. The second kappa shape index (κ2) is 6.29. The number of para-hydroxylation sites is 1. The van der Waals surface area contributed by atoms with Crippen molar-refractivity contribution in [3.05, 3.63) is 64.9 Å². The summed E-state index contributed by atoms with van der Waals surface area (Å²) in [7, 11) is 0. The van der Waals surface area contributed by atoms with E-state index in [1.165, 1.54) is 0 Å². The number of fused-ring (bicyclic) bond motifs is 1. The molecule has 0 atom stereocenters. The highest BCUT2D eigenvalue weighted by atomic mass is 16.3. The fourth-order valence-corrected chi connectivity index (χ4v) is 3.07. The molecule has 0 spiro atoms. The van der Waals surface area contributed by atoms with Crippen LogP contribution in [0.15, 0.2) is 47.1 Å². The standard InChI is InChI=1S/C20H21NO2/c1-4-15-7-5-6-8-17(15)21-19(22)11-16-12-23-18-10-13(2)9-14(3)20(16)18/h5-10,12H,4,11H2,1-3H3,(H,21,22). The van der Waals surface area contributed by atoms with Gasteiger partial charge in [-0.05, 0) is 49.1 Å². The number of hydrogen-bond acceptors (Lipinski definition) is 2. The molecule has 118 valence electrons. The van der Waals surface area contributed by atoms with E-state index in [1.807, 2.05) is 37.3 Å². The second-order valence-electron chi connectivity index (χ2n) is 5.95. The summed E-state index contributed by atoms with van der Waals surface area (Å²) >= 11 is 0. The Morgan fingerprint density at radius 1 is 1.13 bits per heavy atom. The molecule has 3 nitrogen and oxygen atoms in total. The maximum Gasteiger partial charge on any atom is 0.228 e. The average molecular weight is 307 g/mol. The van der Waals surface area contributed by atoms with Crippen LogP contribution in [-0.2, 0) is 17.6 Å². The third-order valence-electron chi connectivity index (χ3n) is 4.12. The first-order chi connectivity index (χ1) is 11.1. The van der Waals surface area contributed by atoms with E-state index in [0.29, 0.717) is 6.42 Å². The number of nitrogens with one attached hydrogen (secondary N) is 1. The Hall–Kier alpha value is -2.55. The number of anilines is 1. The van der Waals surface area contributed by atoms with Gasteiger partial charge in [-0.2, -0.15) is 0 Å². The fraction of sp³-hybridized carbons (Fsp3) is 0.250. The molecule has 3 rings (SSSR count). The largest absolute Gasteiger partial charge is 0.464 e. The molecule has 3 aromatic rings. The second-order valence-corrected chi connectivity index (χ2v) is 5.95. The molecule has 0 saturated carbocycles. The van der Waals surface area contributed by atoms with Crippen molar-refractivity contribution in [1.29, 1.82) is 0 Å². The van der Waals surface area contributed by atoms with Gasteiger partial charge in [-0.1, -0.05) is 31.2 Å². The van der Waals surface area contributed by atoms with Crippen molar-refractivity contribution in [1.82, 2.24) is 0 Å². The SMILES string of the molecule is CCc1ccccc1NC(=O)Cc1coc2cc(C)cc(C)c12. The van der Waals surface area contributed by atoms with Gasteiger partial charge in [0.1, 0.15) is 5.58 Å². The minimum atomic E-state index is -0.0198. The summed E-state index contributed by atoms with van der Waals surface area (Å²) in [5, 5.41) is 4.07. The van der Waals surface area contributed by atoms with Gasteiger partial charge < -0.3 is 9.73 Å². The Labute approximate surface area is 136 Å². The minimum absolute atomic E-state index is 0.0198. The first kappa shape index (κ1) is 15.3. The zero-order valence-electron chi connectivity index (χ0n) is 13.8. The maximum atomic E-state index is 12.4. The van der Waals surface area contributed by atoms with Crippen molar-refractivity contribution < 1.29 is 9.21 Å². The van der Waals surface area contributed by atoms with Gasteiger partial charge in [0, 0.05) is 16.6 Å². The molecule has 1 amide bonds. The molecular weight excluding hydrogens is 286 g/mol. The molecule has 0 aliphatic carbocycles. The van der Waals surface area contributed by atoms with Crippen molar-refractivity contribution in [2.24, 2.45) is 0 Å². The predicted octanol–water partition coefficient (Wildman–Crippen LogP) is 4.79. The van der Waals surface area contributed by atoms with Gasteiger partial charge in [0.15, 0.2) is 0 Å². The number of furan rings is 1. The molecule has 1 aromatic heterocycles. The lowest BCUT2D eigenvalue weighted by Gasteiger charge is -2.09. The molecule has 0 bridgehead atoms. The highest BCUT2D eigenvalue weighted by Gasteiger charge is 2.13. The highest BCUT2D eigenvalue weighted by Crippen LogP contribution is 2.27. The molecule has 0 saturated heterocycles. The zero-order chi connectivity index (χ0) is 16.4. The van der Waals surface area contributed by atoms with Crippen molar-refractivity contribution in [3.63, 3.8) is 0 Å². The molecule has 0 unspecified atom stereocenters. The van der Waals surface area contributed by atoms with Crippen molar-refractivity contribution in [2.75, 3.05) is 5.32 Å². The van der Waals surface area contributed by atoms with Gasteiger partial charge in [-0.3, -0.25) is 4.79 Å². The molecule has 1 N–H and O–H groups in total.